The van der Waals surface area contributed by atoms with Gasteiger partial charge in [-0.15, -0.1) is 0 Å². The molecule has 0 fully saturated rings. The van der Waals surface area contributed by atoms with Crippen LogP contribution in [0.4, 0.5) is 4.79 Å². The van der Waals surface area contributed by atoms with Crippen LogP contribution < -0.4 is 10.6 Å². The van der Waals surface area contributed by atoms with E-state index in [9.17, 15) is 14.4 Å². The second-order valence-electron chi connectivity index (χ2n) is 10.0. The van der Waals surface area contributed by atoms with Gasteiger partial charge in [-0.25, -0.2) is 4.79 Å². The number of hydrogen-bond acceptors (Lipinski definition) is 5. The maximum Gasteiger partial charge on any atom is 0.408 e. The van der Waals surface area contributed by atoms with Gasteiger partial charge >= 0.3 is 6.09 Å². The number of carbonyl (C=O) groups excluding carboxylic acids is 3. The summed E-state index contributed by atoms with van der Waals surface area (Å²) in [6.45, 7) is 15.5. The fraction of sp³-hybridized carbons (Fsp3) is 0.667. The van der Waals surface area contributed by atoms with Crippen molar-refractivity contribution in [2.45, 2.75) is 98.4 Å². The zero-order valence-corrected chi connectivity index (χ0v) is 23.8. The first-order valence-electron chi connectivity index (χ1n) is 12.5. The van der Waals surface area contributed by atoms with Gasteiger partial charge in [-0.2, -0.15) is 11.8 Å². The maximum absolute atomic E-state index is 13.9. The number of amides is 3. The van der Waals surface area contributed by atoms with Crippen molar-refractivity contribution < 1.29 is 19.1 Å². The Morgan fingerprint density at radius 3 is 2.14 bits per heavy atom. The van der Waals surface area contributed by atoms with Gasteiger partial charge in [0.1, 0.15) is 17.7 Å². The van der Waals surface area contributed by atoms with Gasteiger partial charge in [-0.05, 0) is 90.0 Å². The molecule has 0 aliphatic rings. The molecule has 0 saturated carbocycles. The van der Waals surface area contributed by atoms with E-state index in [-0.39, 0.29) is 17.9 Å². The Labute approximate surface area is 216 Å². The molecule has 198 valence electrons. The fourth-order valence-electron chi connectivity index (χ4n) is 4.12. The van der Waals surface area contributed by atoms with E-state index < -0.39 is 23.8 Å². The fourth-order valence-corrected chi connectivity index (χ4v) is 4.59. The summed E-state index contributed by atoms with van der Waals surface area (Å²) in [4.78, 5) is 41.7. The van der Waals surface area contributed by atoms with E-state index in [4.69, 9.17) is 4.74 Å². The highest BCUT2D eigenvalue weighted by atomic mass is 32.2. The molecule has 0 aromatic heterocycles. The molecule has 0 heterocycles. The van der Waals surface area contributed by atoms with Crippen LogP contribution in [0.1, 0.15) is 83.5 Å². The molecule has 8 heteroatoms. The molecule has 0 saturated heterocycles. The summed E-state index contributed by atoms with van der Waals surface area (Å²) in [6, 6.07) is 4.25. The number of ether oxygens (including phenoxy) is 1. The molecule has 7 nitrogen and oxygen atoms in total. The molecule has 0 bridgehead atoms. The van der Waals surface area contributed by atoms with Gasteiger partial charge in [0.05, 0.1) is 0 Å². The average molecular weight is 508 g/mol. The number of hydrogen-bond donors (Lipinski definition) is 2. The summed E-state index contributed by atoms with van der Waals surface area (Å²) in [5, 5.41) is 5.87. The van der Waals surface area contributed by atoms with Crippen LogP contribution >= 0.6 is 11.8 Å². The van der Waals surface area contributed by atoms with Crippen LogP contribution in [0.15, 0.2) is 18.2 Å². The first-order chi connectivity index (χ1) is 16.4. The molecule has 0 spiro atoms. The van der Waals surface area contributed by atoms with E-state index in [2.05, 4.69) is 17.6 Å². The molecule has 0 aliphatic carbocycles. The number of carbonyl (C=O) groups is 3. The van der Waals surface area contributed by atoms with Gasteiger partial charge in [0.25, 0.3) is 0 Å². The van der Waals surface area contributed by atoms with E-state index in [1.54, 1.807) is 37.4 Å². The highest BCUT2D eigenvalue weighted by Crippen LogP contribution is 2.29. The van der Waals surface area contributed by atoms with E-state index in [0.29, 0.717) is 18.7 Å². The van der Waals surface area contributed by atoms with Gasteiger partial charge in [-0.3, -0.25) is 9.59 Å². The molecule has 0 aliphatic heterocycles. The van der Waals surface area contributed by atoms with Crippen molar-refractivity contribution in [3.05, 3.63) is 34.9 Å². The summed E-state index contributed by atoms with van der Waals surface area (Å²) in [5.74, 6) is 0.176. The lowest BCUT2D eigenvalue weighted by Crippen LogP contribution is -2.54. The topological polar surface area (TPSA) is 87.7 Å². The Balaban J connectivity index is 3.43. The summed E-state index contributed by atoms with van der Waals surface area (Å²) in [5.41, 5.74) is 2.03. The van der Waals surface area contributed by atoms with Crippen LogP contribution in [-0.4, -0.2) is 59.0 Å². The third-order valence-electron chi connectivity index (χ3n) is 5.71. The second-order valence-corrected chi connectivity index (χ2v) is 11.0. The maximum atomic E-state index is 13.9. The SMILES string of the molecule is CCCC(C)NC(=O)C(c1c(C)cccc1C)N(CC)C(=O)C(CCSC)NC(=O)OC(C)(C)C. The van der Waals surface area contributed by atoms with Crippen molar-refractivity contribution in [2.75, 3.05) is 18.6 Å². The molecular formula is C27H45N3O4S. The molecule has 3 amide bonds. The minimum Gasteiger partial charge on any atom is -0.444 e. The van der Waals surface area contributed by atoms with Gasteiger partial charge in [-0.1, -0.05) is 31.5 Å². The normalized spacial score (nSPS) is 14.0. The van der Waals surface area contributed by atoms with E-state index >= 15 is 0 Å². The number of aryl methyl sites for hydroxylation is 2. The molecule has 1 aromatic rings. The minimum atomic E-state index is -0.801. The largest absolute Gasteiger partial charge is 0.444 e. The number of thioether (sulfide) groups is 1. The molecule has 3 unspecified atom stereocenters. The zero-order valence-electron chi connectivity index (χ0n) is 23.0. The second kappa shape index (κ2) is 14.4. The van der Waals surface area contributed by atoms with Crippen molar-refractivity contribution in [3.8, 4) is 0 Å². The third kappa shape index (κ3) is 9.74. The number of alkyl carbamates (subject to hydrolysis) is 1. The predicted octanol–water partition coefficient (Wildman–Crippen LogP) is 5.14. The first kappa shape index (κ1) is 30.8. The van der Waals surface area contributed by atoms with Crippen molar-refractivity contribution in [2.24, 2.45) is 0 Å². The van der Waals surface area contributed by atoms with Gasteiger partial charge in [0.15, 0.2) is 0 Å². The number of benzene rings is 1. The van der Waals surface area contributed by atoms with Crippen LogP contribution in [0.25, 0.3) is 0 Å². The van der Waals surface area contributed by atoms with Gasteiger partial charge in [0.2, 0.25) is 11.8 Å². The van der Waals surface area contributed by atoms with Crippen LogP contribution in [0.3, 0.4) is 0 Å². The van der Waals surface area contributed by atoms with E-state index in [1.165, 1.54) is 0 Å². The zero-order chi connectivity index (χ0) is 26.8. The molecule has 35 heavy (non-hydrogen) atoms. The van der Waals surface area contributed by atoms with Gasteiger partial charge < -0.3 is 20.3 Å². The Morgan fingerprint density at radius 1 is 1.06 bits per heavy atom. The van der Waals surface area contributed by atoms with Crippen LogP contribution in [0, 0.1) is 13.8 Å². The molecule has 1 aromatic carbocycles. The molecule has 1 rings (SSSR count). The number of nitrogens with zero attached hydrogens (tertiary/aromatic N) is 1. The van der Waals surface area contributed by atoms with Crippen molar-refractivity contribution in [1.29, 1.82) is 0 Å². The third-order valence-corrected chi connectivity index (χ3v) is 6.35. The summed E-state index contributed by atoms with van der Waals surface area (Å²) in [6.07, 6.45) is 3.54. The number of rotatable bonds is 12. The Morgan fingerprint density at radius 2 is 1.66 bits per heavy atom. The quantitative estimate of drug-likeness (QED) is 0.409. The summed E-state index contributed by atoms with van der Waals surface area (Å²) in [7, 11) is 0. The highest BCUT2D eigenvalue weighted by molar-refractivity contribution is 7.98. The monoisotopic (exact) mass is 507 g/mol. The molecule has 2 N–H and O–H groups in total. The van der Waals surface area contributed by atoms with E-state index in [1.807, 2.05) is 52.1 Å². The van der Waals surface area contributed by atoms with Crippen molar-refractivity contribution in [3.63, 3.8) is 0 Å². The average Bonchev–Trinajstić information content (AvgIpc) is 2.74. The molecular weight excluding hydrogens is 462 g/mol. The lowest BCUT2D eigenvalue weighted by Gasteiger charge is -2.35. The predicted molar refractivity (Wildman–Crippen MR) is 145 cm³/mol. The van der Waals surface area contributed by atoms with Crippen LogP contribution in [-0.2, 0) is 14.3 Å². The van der Waals surface area contributed by atoms with Crippen LogP contribution in [0.2, 0.25) is 0 Å². The first-order valence-corrected chi connectivity index (χ1v) is 13.9. The molecule has 3 atom stereocenters. The number of likely N-dealkylation sites (N-methyl/N-ethyl adjacent to an activating group) is 1. The standard InChI is InChI=1S/C27H45N3O4S/c1-10-13-20(5)28-24(31)23(22-18(3)14-12-15-19(22)4)30(11-2)25(32)21(16-17-35-9)29-26(33)34-27(6,7)8/h12,14-15,20-21,23H,10-11,13,16-17H2,1-9H3,(H,28,31)(H,29,33). The lowest BCUT2D eigenvalue weighted by molar-refractivity contribution is -0.142. The Bertz CT molecular complexity index is 833. The number of nitrogens with one attached hydrogen (secondary N) is 2. The Kier molecular flexibility index (Phi) is 12.6. The lowest BCUT2D eigenvalue weighted by atomic mass is 9.93. The molecule has 0 radical (unpaired) electrons. The summed E-state index contributed by atoms with van der Waals surface area (Å²) < 4.78 is 5.42. The summed E-state index contributed by atoms with van der Waals surface area (Å²) >= 11 is 1.59. The smallest absolute Gasteiger partial charge is 0.408 e. The Hall–Kier alpha value is -2.22. The van der Waals surface area contributed by atoms with E-state index in [0.717, 1.165) is 29.5 Å². The minimum absolute atomic E-state index is 0.0136. The van der Waals surface area contributed by atoms with Crippen molar-refractivity contribution in [1.82, 2.24) is 15.5 Å². The highest BCUT2D eigenvalue weighted by Gasteiger charge is 2.37. The van der Waals surface area contributed by atoms with Gasteiger partial charge in [0, 0.05) is 12.6 Å². The van der Waals surface area contributed by atoms with Crippen molar-refractivity contribution >= 4 is 29.7 Å². The van der Waals surface area contributed by atoms with Crippen LogP contribution in [0.5, 0.6) is 0 Å².